The van der Waals surface area contributed by atoms with Crippen molar-refractivity contribution in [2.75, 3.05) is 0 Å². The first kappa shape index (κ1) is 14.2. The maximum absolute atomic E-state index is 11.7. The highest BCUT2D eigenvalue weighted by Gasteiger charge is 2.08. The molecular formula is C16H13N3O2S. The van der Waals surface area contributed by atoms with E-state index in [1.54, 1.807) is 17.4 Å². The summed E-state index contributed by atoms with van der Waals surface area (Å²) in [7, 11) is 0. The number of amides is 1. The molecule has 0 aliphatic heterocycles. The Morgan fingerprint density at radius 2 is 2.14 bits per heavy atom. The zero-order valence-electron chi connectivity index (χ0n) is 11.6. The fourth-order valence-corrected chi connectivity index (χ4v) is 2.42. The Morgan fingerprint density at radius 3 is 2.91 bits per heavy atom. The molecule has 3 aromatic rings. The van der Waals surface area contributed by atoms with Crippen LogP contribution in [0.25, 0.3) is 17.5 Å². The maximum atomic E-state index is 11.7. The van der Waals surface area contributed by atoms with E-state index in [9.17, 15) is 4.79 Å². The molecule has 2 aromatic heterocycles. The Kier molecular flexibility index (Phi) is 4.41. The topological polar surface area (TPSA) is 68.0 Å². The Bertz CT molecular complexity index is 764. The lowest BCUT2D eigenvalue weighted by molar-refractivity contribution is -0.116. The van der Waals surface area contributed by atoms with Gasteiger partial charge in [0, 0.05) is 11.6 Å². The van der Waals surface area contributed by atoms with Gasteiger partial charge in [0.1, 0.15) is 0 Å². The summed E-state index contributed by atoms with van der Waals surface area (Å²) in [6.07, 6.45) is 3.25. The normalized spacial score (nSPS) is 10.9. The summed E-state index contributed by atoms with van der Waals surface area (Å²) in [6.45, 7) is 0.225. The van der Waals surface area contributed by atoms with Crippen LogP contribution in [0.1, 0.15) is 11.4 Å². The van der Waals surface area contributed by atoms with E-state index in [2.05, 4.69) is 15.5 Å². The second-order valence-corrected chi connectivity index (χ2v) is 5.27. The SMILES string of the molecule is O=C(/C=C/c1ccsc1)NCc1noc(-c2ccccc2)n1. The number of nitrogens with one attached hydrogen (secondary N) is 1. The van der Waals surface area contributed by atoms with Gasteiger partial charge in [0.05, 0.1) is 6.54 Å². The zero-order chi connectivity index (χ0) is 15.2. The Balaban J connectivity index is 1.56. The van der Waals surface area contributed by atoms with E-state index in [4.69, 9.17) is 4.52 Å². The van der Waals surface area contributed by atoms with Crippen LogP contribution in [0.15, 0.2) is 57.8 Å². The molecule has 0 radical (unpaired) electrons. The first-order valence-electron chi connectivity index (χ1n) is 6.67. The van der Waals surface area contributed by atoms with Gasteiger partial charge < -0.3 is 9.84 Å². The lowest BCUT2D eigenvalue weighted by Crippen LogP contribution is -2.20. The van der Waals surface area contributed by atoms with Gasteiger partial charge in [0.15, 0.2) is 5.82 Å². The summed E-state index contributed by atoms with van der Waals surface area (Å²) in [4.78, 5) is 16.0. The molecule has 110 valence electrons. The molecule has 1 aromatic carbocycles. The lowest BCUT2D eigenvalue weighted by Gasteiger charge is -1.96. The fourth-order valence-electron chi connectivity index (χ4n) is 1.79. The largest absolute Gasteiger partial charge is 0.345 e. The molecule has 0 fully saturated rings. The number of carbonyl (C=O) groups excluding carboxylic acids is 1. The van der Waals surface area contributed by atoms with E-state index in [0.717, 1.165) is 11.1 Å². The third kappa shape index (κ3) is 3.67. The van der Waals surface area contributed by atoms with Gasteiger partial charge in [0.2, 0.25) is 5.91 Å². The van der Waals surface area contributed by atoms with Crippen molar-refractivity contribution in [2.45, 2.75) is 6.54 Å². The summed E-state index contributed by atoms with van der Waals surface area (Å²) in [5.74, 6) is 0.687. The van der Waals surface area contributed by atoms with Crippen LogP contribution in [0.5, 0.6) is 0 Å². The summed E-state index contributed by atoms with van der Waals surface area (Å²) in [5.41, 5.74) is 1.86. The molecule has 0 bridgehead atoms. The number of thiophene rings is 1. The average molecular weight is 311 g/mol. The Morgan fingerprint density at radius 1 is 1.27 bits per heavy atom. The molecule has 0 spiro atoms. The van der Waals surface area contributed by atoms with Crippen molar-refractivity contribution in [3.63, 3.8) is 0 Å². The Labute approximate surface area is 131 Å². The molecule has 0 atom stereocenters. The second kappa shape index (κ2) is 6.82. The van der Waals surface area contributed by atoms with Crippen LogP contribution in [0.2, 0.25) is 0 Å². The second-order valence-electron chi connectivity index (χ2n) is 4.49. The van der Waals surface area contributed by atoms with Crippen LogP contribution in [0.4, 0.5) is 0 Å². The Hall–Kier alpha value is -2.73. The van der Waals surface area contributed by atoms with Crippen LogP contribution in [0.3, 0.4) is 0 Å². The summed E-state index contributed by atoms with van der Waals surface area (Å²) >= 11 is 1.59. The summed E-state index contributed by atoms with van der Waals surface area (Å²) in [5, 5.41) is 10.5. The third-order valence-corrected chi connectivity index (χ3v) is 3.58. The molecule has 2 heterocycles. The average Bonchev–Trinajstić information content (AvgIpc) is 3.23. The predicted molar refractivity (Wildman–Crippen MR) is 84.9 cm³/mol. The fraction of sp³-hybridized carbons (Fsp3) is 0.0625. The van der Waals surface area contributed by atoms with Crippen molar-refractivity contribution in [1.29, 1.82) is 0 Å². The summed E-state index contributed by atoms with van der Waals surface area (Å²) in [6, 6.07) is 11.4. The van der Waals surface area contributed by atoms with E-state index in [0.29, 0.717) is 11.7 Å². The van der Waals surface area contributed by atoms with E-state index in [-0.39, 0.29) is 12.5 Å². The van der Waals surface area contributed by atoms with Gasteiger partial charge in [-0.1, -0.05) is 23.4 Å². The molecular weight excluding hydrogens is 298 g/mol. The van der Waals surface area contributed by atoms with Gasteiger partial charge in [-0.15, -0.1) is 0 Å². The van der Waals surface area contributed by atoms with Crippen LogP contribution in [0, 0.1) is 0 Å². The van der Waals surface area contributed by atoms with Gasteiger partial charge in [-0.25, -0.2) is 0 Å². The maximum Gasteiger partial charge on any atom is 0.257 e. The highest BCUT2D eigenvalue weighted by Crippen LogP contribution is 2.15. The van der Waals surface area contributed by atoms with Crippen molar-refractivity contribution in [3.8, 4) is 11.5 Å². The monoisotopic (exact) mass is 311 g/mol. The number of aromatic nitrogens is 2. The lowest BCUT2D eigenvalue weighted by atomic mass is 10.2. The van der Waals surface area contributed by atoms with Crippen molar-refractivity contribution in [2.24, 2.45) is 0 Å². The van der Waals surface area contributed by atoms with Gasteiger partial charge in [-0.2, -0.15) is 16.3 Å². The smallest absolute Gasteiger partial charge is 0.257 e. The van der Waals surface area contributed by atoms with Gasteiger partial charge >= 0.3 is 0 Å². The van der Waals surface area contributed by atoms with E-state index >= 15 is 0 Å². The van der Waals surface area contributed by atoms with Gasteiger partial charge in [-0.05, 0) is 40.6 Å². The number of carbonyl (C=O) groups is 1. The molecule has 6 heteroatoms. The first-order valence-corrected chi connectivity index (χ1v) is 7.62. The molecule has 1 amide bonds. The number of hydrogen-bond acceptors (Lipinski definition) is 5. The highest BCUT2D eigenvalue weighted by molar-refractivity contribution is 7.08. The van der Waals surface area contributed by atoms with Gasteiger partial charge in [-0.3, -0.25) is 4.79 Å². The number of nitrogens with zero attached hydrogens (tertiary/aromatic N) is 2. The molecule has 1 N–H and O–H groups in total. The van der Waals surface area contributed by atoms with E-state index < -0.39 is 0 Å². The number of benzene rings is 1. The molecule has 0 unspecified atom stereocenters. The first-order chi connectivity index (χ1) is 10.8. The van der Waals surface area contributed by atoms with Gasteiger partial charge in [0.25, 0.3) is 5.89 Å². The molecule has 0 saturated heterocycles. The number of rotatable bonds is 5. The zero-order valence-corrected chi connectivity index (χ0v) is 12.4. The predicted octanol–water partition coefficient (Wildman–Crippen LogP) is 3.13. The molecule has 5 nitrogen and oxygen atoms in total. The van der Waals surface area contributed by atoms with Crippen LogP contribution < -0.4 is 5.32 Å². The molecule has 22 heavy (non-hydrogen) atoms. The van der Waals surface area contributed by atoms with Crippen LogP contribution in [-0.2, 0) is 11.3 Å². The van der Waals surface area contributed by atoms with Crippen LogP contribution in [-0.4, -0.2) is 16.0 Å². The molecule has 0 saturated carbocycles. The van der Waals surface area contributed by atoms with Crippen molar-refractivity contribution >= 4 is 23.3 Å². The molecule has 3 rings (SSSR count). The van der Waals surface area contributed by atoms with E-state index in [1.165, 1.54) is 6.08 Å². The van der Waals surface area contributed by atoms with Crippen LogP contribution >= 0.6 is 11.3 Å². The number of hydrogen-bond donors (Lipinski definition) is 1. The quantitative estimate of drug-likeness (QED) is 0.735. The third-order valence-electron chi connectivity index (χ3n) is 2.88. The molecule has 0 aliphatic carbocycles. The minimum absolute atomic E-state index is 0.197. The van der Waals surface area contributed by atoms with E-state index in [1.807, 2.05) is 47.2 Å². The summed E-state index contributed by atoms with van der Waals surface area (Å²) < 4.78 is 5.17. The highest BCUT2D eigenvalue weighted by atomic mass is 32.1. The standard InChI is InChI=1S/C16H13N3O2S/c20-15(7-6-12-8-9-22-11-12)17-10-14-18-16(21-19-14)13-4-2-1-3-5-13/h1-9,11H,10H2,(H,17,20)/b7-6+. The molecule has 0 aliphatic rings. The minimum Gasteiger partial charge on any atom is -0.345 e. The van der Waals surface area contributed by atoms with Crippen molar-refractivity contribution < 1.29 is 9.32 Å². The van der Waals surface area contributed by atoms with Crippen molar-refractivity contribution in [1.82, 2.24) is 15.5 Å². The minimum atomic E-state index is -0.197. The van der Waals surface area contributed by atoms with Crippen molar-refractivity contribution in [3.05, 3.63) is 64.6 Å².